The van der Waals surface area contributed by atoms with Gasteiger partial charge in [-0.3, -0.25) is 4.79 Å². The van der Waals surface area contributed by atoms with Crippen molar-refractivity contribution >= 4 is 17.9 Å². The lowest BCUT2D eigenvalue weighted by Gasteiger charge is -2.21. The average molecular weight is 364 g/mol. The Kier molecular flexibility index (Phi) is 7.92. The van der Waals surface area contributed by atoms with Crippen molar-refractivity contribution in [3.63, 3.8) is 0 Å². The van der Waals surface area contributed by atoms with Gasteiger partial charge in [-0.25, -0.2) is 9.59 Å². The van der Waals surface area contributed by atoms with Crippen molar-refractivity contribution in [3.8, 4) is 5.75 Å². The Balaban J connectivity index is 1.63. The molecule has 0 spiro atoms. The summed E-state index contributed by atoms with van der Waals surface area (Å²) in [5, 5.41) is 8.65. The number of aliphatic carboxylic acids is 1. The van der Waals surface area contributed by atoms with Gasteiger partial charge in [0.25, 0.3) is 0 Å². The lowest BCUT2D eigenvalue weighted by atomic mass is 9.98. The van der Waals surface area contributed by atoms with Crippen LogP contribution in [0.2, 0.25) is 0 Å². The largest absolute Gasteiger partial charge is 0.482 e. The van der Waals surface area contributed by atoms with Crippen LogP contribution in [0.1, 0.15) is 44.1 Å². The standard InChI is InChI=1S/C19H24O7/c20-17(21)11-8-14-6-9-15(10-7-14)24-12-18(22)25-13-19(23)26-16-4-2-1-3-5-16/h6-7,9-10,16H,1-5,8,11-13H2,(H,20,21). The summed E-state index contributed by atoms with van der Waals surface area (Å²) in [6.45, 7) is -0.724. The molecule has 1 aromatic carbocycles. The smallest absolute Gasteiger partial charge is 0.344 e. The molecule has 0 amide bonds. The van der Waals surface area contributed by atoms with E-state index in [9.17, 15) is 14.4 Å². The molecule has 1 aliphatic rings. The summed E-state index contributed by atoms with van der Waals surface area (Å²) in [6.07, 6.45) is 5.44. The quantitative estimate of drug-likeness (QED) is 0.672. The molecule has 0 saturated heterocycles. The number of esters is 2. The van der Waals surface area contributed by atoms with Crippen LogP contribution >= 0.6 is 0 Å². The molecule has 7 nitrogen and oxygen atoms in total. The zero-order valence-electron chi connectivity index (χ0n) is 14.6. The van der Waals surface area contributed by atoms with Gasteiger partial charge in [0.05, 0.1) is 0 Å². The van der Waals surface area contributed by atoms with Crippen molar-refractivity contribution in [2.24, 2.45) is 0 Å². The van der Waals surface area contributed by atoms with Crippen LogP contribution in [0.5, 0.6) is 5.75 Å². The minimum absolute atomic E-state index is 0.0590. The third-order valence-electron chi connectivity index (χ3n) is 4.11. The molecule has 0 unspecified atom stereocenters. The zero-order chi connectivity index (χ0) is 18.8. The van der Waals surface area contributed by atoms with Crippen LogP contribution in [0, 0.1) is 0 Å². The molecule has 2 rings (SSSR count). The van der Waals surface area contributed by atoms with Gasteiger partial charge in [-0.15, -0.1) is 0 Å². The van der Waals surface area contributed by atoms with Crippen molar-refractivity contribution in [2.45, 2.75) is 51.0 Å². The van der Waals surface area contributed by atoms with Crippen molar-refractivity contribution in [2.75, 3.05) is 13.2 Å². The lowest BCUT2D eigenvalue weighted by Crippen LogP contribution is -2.26. The van der Waals surface area contributed by atoms with Gasteiger partial charge in [-0.05, 0) is 49.8 Å². The van der Waals surface area contributed by atoms with E-state index in [2.05, 4.69) is 0 Å². The maximum atomic E-state index is 11.7. The number of hydrogen-bond acceptors (Lipinski definition) is 6. The normalized spacial score (nSPS) is 14.5. The van der Waals surface area contributed by atoms with E-state index in [1.54, 1.807) is 24.3 Å². The number of aryl methyl sites for hydroxylation is 1. The van der Waals surface area contributed by atoms with Gasteiger partial charge in [0.15, 0.2) is 13.2 Å². The van der Waals surface area contributed by atoms with E-state index < -0.39 is 24.5 Å². The second-order valence-corrected chi connectivity index (χ2v) is 6.24. The fourth-order valence-corrected chi connectivity index (χ4v) is 2.73. The topological polar surface area (TPSA) is 99.1 Å². The molecule has 26 heavy (non-hydrogen) atoms. The van der Waals surface area contributed by atoms with Gasteiger partial charge in [0.1, 0.15) is 11.9 Å². The van der Waals surface area contributed by atoms with Crippen LogP contribution in [0.3, 0.4) is 0 Å². The predicted octanol–water partition coefficient (Wildman–Crippen LogP) is 2.50. The molecule has 142 valence electrons. The number of carboxylic acids is 1. The van der Waals surface area contributed by atoms with Crippen LogP contribution in [0.25, 0.3) is 0 Å². The maximum absolute atomic E-state index is 11.7. The van der Waals surface area contributed by atoms with Crippen LogP contribution in [0.4, 0.5) is 0 Å². The molecule has 0 atom stereocenters. The molecular formula is C19H24O7. The number of ether oxygens (including phenoxy) is 3. The Hall–Kier alpha value is -2.57. The number of carbonyl (C=O) groups excluding carboxylic acids is 2. The van der Waals surface area contributed by atoms with Crippen LogP contribution in [-0.2, 0) is 30.3 Å². The van der Waals surface area contributed by atoms with Crippen LogP contribution in [-0.4, -0.2) is 42.3 Å². The fourth-order valence-electron chi connectivity index (χ4n) is 2.73. The maximum Gasteiger partial charge on any atom is 0.344 e. The molecule has 1 aromatic rings. The second kappa shape index (κ2) is 10.4. The van der Waals surface area contributed by atoms with Crippen molar-refractivity contribution in [1.29, 1.82) is 0 Å². The van der Waals surface area contributed by atoms with E-state index >= 15 is 0 Å². The van der Waals surface area contributed by atoms with Crippen LogP contribution in [0.15, 0.2) is 24.3 Å². The Morgan fingerprint density at radius 2 is 1.65 bits per heavy atom. The molecule has 1 saturated carbocycles. The van der Waals surface area contributed by atoms with Crippen LogP contribution < -0.4 is 4.74 Å². The molecule has 1 fully saturated rings. The van der Waals surface area contributed by atoms with Crippen molar-refractivity contribution < 1.29 is 33.7 Å². The van der Waals surface area contributed by atoms with Gasteiger partial charge in [0.2, 0.25) is 0 Å². The van der Waals surface area contributed by atoms with E-state index in [1.807, 2.05) is 0 Å². The second-order valence-electron chi connectivity index (χ2n) is 6.24. The summed E-state index contributed by atoms with van der Waals surface area (Å²) in [5.74, 6) is -1.57. The third-order valence-corrected chi connectivity index (χ3v) is 4.11. The first-order valence-corrected chi connectivity index (χ1v) is 8.81. The first kappa shape index (κ1) is 19.8. The highest BCUT2D eigenvalue weighted by Crippen LogP contribution is 2.20. The summed E-state index contributed by atoms with van der Waals surface area (Å²) in [4.78, 5) is 33.8. The minimum Gasteiger partial charge on any atom is -0.482 e. The van der Waals surface area contributed by atoms with E-state index in [1.165, 1.54) is 6.42 Å². The third kappa shape index (κ3) is 7.55. The van der Waals surface area contributed by atoms with E-state index in [4.69, 9.17) is 19.3 Å². The molecule has 0 aromatic heterocycles. The number of rotatable bonds is 9. The monoisotopic (exact) mass is 364 g/mol. The Bertz CT molecular complexity index is 603. The summed E-state index contributed by atoms with van der Waals surface area (Å²) in [6, 6.07) is 6.79. The SMILES string of the molecule is O=C(O)CCc1ccc(OCC(=O)OCC(=O)OC2CCCCC2)cc1. The number of benzene rings is 1. The first-order chi connectivity index (χ1) is 12.5. The molecule has 0 aliphatic heterocycles. The average Bonchev–Trinajstić information content (AvgIpc) is 2.64. The molecule has 0 bridgehead atoms. The highest BCUT2D eigenvalue weighted by atomic mass is 16.6. The lowest BCUT2D eigenvalue weighted by molar-refractivity contribution is -0.164. The summed E-state index contributed by atoms with van der Waals surface area (Å²) < 4.78 is 15.4. The van der Waals surface area contributed by atoms with Crippen molar-refractivity contribution in [3.05, 3.63) is 29.8 Å². The molecule has 0 heterocycles. The molecule has 1 N–H and O–H groups in total. The summed E-state index contributed by atoms with van der Waals surface area (Å²) in [5.41, 5.74) is 0.868. The van der Waals surface area contributed by atoms with Gasteiger partial charge < -0.3 is 19.3 Å². The summed E-state index contributed by atoms with van der Waals surface area (Å²) >= 11 is 0. The Morgan fingerprint density at radius 3 is 2.31 bits per heavy atom. The first-order valence-electron chi connectivity index (χ1n) is 8.81. The van der Waals surface area contributed by atoms with E-state index in [-0.39, 0.29) is 19.1 Å². The molecule has 0 radical (unpaired) electrons. The number of carboxylic acid groups (broad SMARTS) is 1. The fraction of sp³-hybridized carbons (Fsp3) is 0.526. The molecule has 7 heteroatoms. The molecular weight excluding hydrogens is 340 g/mol. The molecule has 1 aliphatic carbocycles. The Labute approximate surface area is 152 Å². The Morgan fingerprint density at radius 1 is 0.962 bits per heavy atom. The summed E-state index contributed by atoms with van der Waals surface area (Å²) in [7, 11) is 0. The van der Waals surface area contributed by atoms with Gasteiger partial charge >= 0.3 is 17.9 Å². The van der Waals surface area contributed by atoms with Gasteiger partial charge in [0, 0.05) is 6.42 Å². The van der Waals surface area contributed by atoms with E-state index in [0.717, 1.165) is 31.2 Å². The zero-order valence-corrected chi connectivity index (χ0v) is 14.6. The number of carbonyl (C=O) groups is 3. The van der Waals surface area contributed by atoms with Gasteiger partial charge in [-0.2, -0.15) is 0 Å². The van der Waals surface area contributed by atoms with Crippen molar-refractivity contribution in [1.82, 2.24) is 0 Å². The highest BCUT2D eigenvalue weighted by molar-refractivity contribution is 5.77. The van der Waals surface area contributed by atoms with Gasteiger partial charge in [-0.1, -0.05) is 18.6 Å². The highest BCUT2D eigenvalue weighted by Gasteiger charge is 2.18. The van der Waals surface area contributed by atoms with E-state index in [0.29, 0.717) is 12.2 Å². The number of hydrogen-bond donors (Lipinski definition) is 1. The predicted molar refractivity (Wildman–Crippen MR) is 91.8 cm³/mol. The minimum atomic E-state index is -0.852.